The third kappa shape index (κ3) is 6.31. The van der Waals surface area contributed by atoms with Gasteiger partial charge in [0, 0.05) is 18.6 Å². The molecule has 0 saturated carbocycles. The van der Waals surface area contributed by atoms with Crippen molar-refractivity contribution >= 4 is 11.9 Å². The molecule has 0 aliphatic heterocycles. The summed E-state index contributed by atoms with van der Waals surface area (Å²) < 4.78 is 10.5. The molecule has 0 fully saturated rings. The lowest BCUT2D eigenvalue weighted by Gasteiger charge is -2.21. The van der Waals surface area contributed by atoms with Crippen molar-refractivity contribution < 1.29 is 24.2 Å². The van der Waals surface area contributed by atoms with E-state index >= 15 is 0 Å². The van der Waals surface area contributed by atoms with Gasteiger partial charge in [0.2, 0.25) is 0 Å². The molecule has 0 bridgehead atoms. The van der Waals surface area contributed by atoms with Crippen molar-refractivity contribution in [1.82, 2.24) is 5.32 Å². The molecule has 138 valence electrons. The quantitative estimate of drug-likeness (QED) is 0.532. The van der Waals surface area contributed by atoms with Crippen LogP contribution in [-0.2, 0) is 16.1 Å². The van der Waals surface area contributed by atoms with Crippen molar-refractivity contribution in [3.63, 3.8) is 0 Å². The maximum atomic E-state index is 12.2. The van der Waals surface area contributed by atoms with Crippen molar-refractivity contribution in [1.29, 1.82) is 0 Å². The number of rotatable bonds is 9. The first-order valence-corrected chi connectivity index (χ1v) is 8.46. The number of amides is 1. The topological polar surface area (TPSA) is 84.9 Å². The summed E-state index contributed by atoms with van der Waals surface area (Å²) >= 11 is 0. The molecule has 2 rings (SSSR count). The van der Waals surface area contributed by atoms with Crippen molar-refractivity contribution in [3.8, 4) is 0 Å². The number of benzene rings is 2. The van der Waals surface area contributed by atoms with Crippen molar-refractivity contribution in [2.75, 3.05) is 6.61 Å². The molecule has 0 spiro atoms. The minimum Gasteiger partial charge on any atom is -0.445 e. The van der Waals surface area contributed by atoms with Gasteiger partial charge in [0.15, 0.2) is 5.78 Å². The minimum absolute atomic E-state index is 0.0675. The van der Waals surface area contributed by atoms with Crippen LogP contribution in [0.15, 0.2) is 60.7 Å². The van der Waals surface area contributed by atoms with Gasteiger partial charge < -0.3 is 14.6 Å². The Balaban J connectivity index is 1.86. The lowest BCUT2D eigenvalue weighted by atomic mass is 10.0. The third-order valence-electron chi connectivity index (χ3n) is 3.66. The minimum atomic E-state index is -1.29. The Bertz CT molecular complexity index is 690. The Labute approximate surface area is 152 Å². The molecular formula is C20H23NO5. The van der Waals surface area contributed by atoms with E-state index in [1.54, 1.807) is 37.3 Å². The number of carbonyl (C=O) groups is 2. The van der Waals surface area contributed by atoms with Crippen LogP contribution in [0.5, 0.6) is 0 Å². The molecule has 2 aromatic rings. The lowest BCUT2D eigenvalue weighted by Crippen LogP contribution is -2.41. The molecule has 0 aliphatic rings. The molecule has 0 radical (unpaired) electrons. The number of ketones is 1. The van der Waals surface area contributed by atoms with Crippen LogP contribution in [-0.4, -0.2) is 35.9 Å². The number of aliphatic hydroxyl groups excluding tert-OH is 1. The molecule has 2 N–H and O–H groups in total. The number of Topliss-reactive ketones (excluding diaryl/α,β-unsaturated/α-hetero) is 1. The Morgan fingerprint density at radius 1 is 1.04 bits per heavy atom. The van der Waals surface area contributed by atoms with Gasteiger partial charge in [-0.15, -0.1) is 0 Å². The molecule has 0 heterocycles. The van der Waals surface area contributed by atoms with Crippen molar-refractivity contribution in [3.05, 3.63) is 71.8 Å². The molecule has 0 saturated heterocycles. The molecule has 1 amide bonds. The van der Waals surface area contributed by atoms with Crippen LogP contribution < -0.4 is 5.32 Å². The van der Waals surface area contributed by atoms with E-state index in [1.807, 2.05) is 30.3 Å². The Morgan fingerprint density at radius 2 is 1.65 bits per heavy atom. The maximum absolute atomic E-state index is 12.2. The first-order chi connectivity index (χ1) is 12.6. The van der Waals surface area contributed by atoms with Gasteiger partial charge in [0.25, 0.3) is 0 Å². The zero-order valence-corrected chi connectivity index (χ0v) is 14.6. The van der Waals surface area contributed by atoms with Gasteiger partial charge in [-0.05, 0) is 12.5 Å². The summed E-state index contributed by atoms with van der Waals surface area (Å²) in [6, 6.07) is 17.8. The lowest BCUT2D eigenvalue weighted by molar-refractivity contribution is 0.00131. The third-order valence-corrected chi connectivity index (χ3v) is 3.66. The van der Waals surface area contributed by atoms with Crippen LogP contribution in [0.3, 0.4) is 0 Å². The predicted molar refractivity (Wildman–Crippen MR) is 96.6 cm³/mol. The van der Waals surface area contributed by atoms with E-state index in [1.165, 1.54) is 0 Å². The number of hydrogen-bond acceptors (Lipinski definition) is 5. The highest BCUT2D eigenvalue weighted by Gasteiger charge is 2.23. The molecule has 6 heteroatoms. The first kappa shape index (κ1) is 19.6. The molecule has 0 aliphatic carbocycles. The summed E-state index contributed by atoms with van der Waals surface area (Å²) in [4.78, 5) is 24.2. The monoisotopic (exact) mass is 357 g/mol. The van der Waals surface area contributed by atoms with Crippen molar-refractivity contribution in [2.45, 2.75) is 32.3 Å². The van der Waals surface area contributed by atoms with Crippen LogP contribution in [0.1, 0.15) is 29.3 Å². The molecule has 2 atom stereocenters. The highest BCUT2D eigenvalue weighted by Crippen LogP contribution is 2.10. The van der Waals surface area contributed by atoms with Crippen LogP contribution in [0, 0.1) is 0 Å². The fourth-order valence-corrected chi connectivity index (χ4v) is 2.37. The second-order valence-electron chi connectivity index (χ2n) is 5.63. The number of hydrogen-bond donors (Lipinski definition) is 2. The summed E-state index contributed by atoms with van der Waals surface area (Å²) in [5, 5.41) is 12.7. The van der Waals surface area contributed by atoms with Gasteiger partial charge in [-0.25, -0.2) is 4.79 Å². The van der Waals surface area contributed by atoms with E-state index in [2.05, 4.69) is 5.32 Å². The largest absolute Gasteiger partial charge is 0.445 e. The maximum Gasteiger partial charge on any atom is 0.409 e. The van der Waals surface area contributed by atoms with E-state index < -0.39 is 24.2 Å². The number of aliphatic hydroxyl groups is 1. The second-order valence-corrected chi connectivity index (χ2v) is 5.63. The average Bonchev–Trinajstić information content (AvgIpc) is 2.67. The van der Waals surface area contributed by atoms with E-state index in [9.17, 15) is 14.7 Å². The summed E-state index contributed by atoms with van der Waals surface area (Å²) in [7, 11) is 0. The predicted octanol–water partition coefficient (Wildman–Crippen LogP) is 2.91. The van der Waals surface area contributed by atoms with Gasteiger partial charge in [0.05, 0.1) is 0 Å². The molecule has 1 unspecified atom stereocenters. The van der Waals surface area contributed by atoms with Gasteiger partial charge in [-0.1, -0.05) is 60.7 Å². The normalized spacial score (nSPS) is 12.8. The van der Waals surface area contributed by atoms with Gasteiger partial charge in [0.1, 0.15) is 18.9 Å². The first-order valence-electron chi connectivity index (χ1n) is 8.46. The molecule has 6 nitrogen and oxygen atoms in total. The fraction of sp³-hybridized carbons (Fsp3) is 0.300. The van der Waals surface area contributed by atoms with E-state index in [0.29, 0.717) is 12.2 Å². The highest BCUT2D eigenvalue weighted by atomic mass is 16.6. The second kappa shape index (κ2) is 10.3. The number of ether oxygens (including phenoxy) is 2. The fourth-order valence-electron chi connectivity index (χ4n) is 2.37. The summed E-state index contributed by atoms with van der Waals surface area (Å²) in [5.74, 6) is -0.422. The Morgan fingerprint density at radius 3 is 2.27 bits per heavy atom. The summed E-state index contributed by atoms with van der Waals surface area (Å²) in [6.45, 7) is 2.20. The zero-order valence-electron chi connectivity index (χ0n) is 14.6. The zero-order chi connectivity index (χ0) is 18.8. The molecular weight excluding hydrogens is 334 g/mol. The van der Waals surface area contributed by atoms with Crippen LogP contribution in [0.25, 0.3) is 0 Å². The smallest absolute Gasteiger partial charge is 0.409 e. The Kier molecular flexibility index (Phi) is 7.79. The standard InChI is InChI=1S/C20H23NO5/c1-2-25-18(13-17(22)19(23)16-11-7-4-8-12-16)21-20(24)26-14-15-9-5-3-6-10-15/h3-12,17-18,22H,2,13-14H2,1H3,(H,21,24)/t17-,18?/m0/s1. The van der Waals surface area contributed by atoms with Crippen LogP contribution in [0.4, 0.5) is 4.79 Å². The summed E-state index contributed by atoms with van der Waals surface area (Å²) in [6.07, 6.45) is -2.86. The van der Waals surface area contributed by atoms with E-state index in [0.717, 1.165) is 5.56 Å². The average molecular weight is 357 g/mol. The van der Waals surface area contributed by atoms with Crippen LogP contribution >= 0.6 is 0 Å². The van der Waals surface area contributed by atoms with Gasteiger partial charge >= 0.3 is 6.09 Å². The van der Waals surface area contributed by atoms with E-state index in [4.69, 9.17) is 9.47 Å². The SMILES string of the molecule is CCOC(C[C@H](O)C(=O)c1ccccc1)NC(=O)OCc1ccccc1. The van der Waals surface area contributed by atoms with Crippen molar-refractivity contribution in [2.24, 2.45) is 0 Å². The molecule has 2 aromatic carbocycles. The highest BCUT2D eigenvalue weighted by molar-refractivity contribution is 5.99. The number of alkyl carbamates (subject to hydrolysis) is 1. The summed E-state index contributed by atoms with van der Waals surface area (Å²) in [5.41, 5.74) is 1.26. The number of carbonyl (C=O) groups excluding carboxylic acids is 2. The number of nitrogens with one attached hydrogen (secondary N) is 1. The van der Waals surface area contributed by atoms with Gasteiger partial charge in [-0.2, -0.15) is 0 Å². The molecule has 0 aromatic heterocycles. The molecule has 26 heavy (non-hydrogen) atoms. The van der Waals surface area contributed by atoms with Crippen LogP contribution in [0.2, 0.25) is 0 Å². The van der Waals surface area contributed by atoms with E-state index in [-0.39, 0.29) is 13.0 Å². The Hall–Kier alpha value is -2.70. The van der Waals surface area contributed by atoms with Gasteiger partial charge in [-0.3, -0.25) is 10.1 Å².